The van der Waals surface area contributed by atoms with E-state index in [4.69, 9.17) is 4.74 Å². The molecule has 0 atom stereocenters. The van der Waals surface area contributed by atoms with Crippen molar-refractivity contribution < 1.29 is 13.5 Å². The summed E-state index contributed by atoms with van der Waals surface area (Å²) in [6, 6.07) is 4.07. The highest BCUT2D eigenvalue weighted by atomic mass is 19.2. The van der Waals surface area contributed by atoms with Crippen LogP contribution in [0.3, 0.4) is 0 Å². The topological polar surface area (TPSA) is 21.3 Å². The fraction of sp³-hybridized carbons (Fsp3) is 0.571. The van der Waals surface area contributed by atoms with Gasteiger partial charge in [0.1, 0.15) is 5.60 Å². The first-order chi connectivity index (χ1) is 8.67. The van der Waals surface area contributed by atoms with Gasteiger partial charge in [0.2, 0.25) is 5.82 Å². The Hall–Kier alpha value is -1.16. The minimum atomic E-state index is -0.882. The lowest BCUT2D eigenvalue weighted by Crippen LogP contribution is -2.45. The number of hydrogen-bond donors (Lipinski definition) is 1. The monoisotopic (exact) mass is 255 g/mol. The molecule has 1 N–H and O–H groups in total. The molecule has 0 radical (unpaired) electrons. The van der Waals surface area contributed by atoms with Crippen molar-refractivity contribution in [2.24, 2.45) is 0 Å². The number of ether oxygens (including phenoxy) is 1. The highest BCUT2D eigenvalue weighted by Gasteiger charge is 2.39. The molecule has 1 aliphatic rings. The van der Waals surface area contributed by atoms with Crippen molar-refractivity contribution in [2.45, 2.75) is 38.2 Å². The second kappa shape index (κ2) is 5.65. The van der Waals surface area contributed by atoms with Gasteiger partial charge in [-0.15, -0.1) is 0 Å². The van der Waals surface area contributed by atoms with Gasteiger partial charge in [-0.3, -0.25) is 0 Å². The Morgan fingerprint density at radius 2 is 2.11 bits per heavy atom. The first kappa shape index (κ1) is 13.3. The minimum absolute atomic E-state index is 0.0335. The van der Waals surface area contributed by atoms with E-state index in [0.29, 0.717) is 0 Å². The van der Waals surface area contributed by atoms with Crippen molar-refractivity contribution in [1.82, 2.24) is 5.32 Å². The van der Waals surface area contributed by atoms with E-state index in [9.17, 15) is 8.78 Å². The van der Waals surface area contributed by atoms with Crippen LogP contribution in [0.2, 0.25) is 0 Å². The molecule has 0 unspecified atom stereocenters. The van der Waals surface area contributed by atoms with E-state index in [1.807, 2.05) is 6.92 Å². The molecule has 0 bridgehead atoms. The van der Waals surface area contributed by atoms with Gasteiger partial charge in [0, 0.05) is 0 Å². The second-order valence-corrected chi connectivity index (χ2v) is 4.79. The van der Waals surface area contributed by atoms with Crippen LogP contribution in [0.1, 0.15) is 32.6 Å². The van der Waals surface area contributed by atoms with Crippen LogP contribution < -0.4 is 10.1 Å². The minimum Gasteiger partial charge on any atom is -0.484 e. The summed E-state index contributed by atoms with van der Waals surface area (Å²) in [5.74, 6) is -1.70. The molecule has 18 heavy (non-hydrogen) atoms. The Labute approximate surface area is 106 Å². The lowest BCUT2D eigenvalue weighted by atomic mass is 9.77. The van der Waals surface area contributed by atoms with Crippen LogP contribution in [-0.2, 0) is 0 Å². The number of benzene rings is 1. The van der Waals surface area contributed by atoms with Crippen LogP contribution in [0.5, 0.6) is 5.75 Å². The van der Waals surface area contributed by atoms with Crippen molar-refractivity contribution in [3.63, 3.8) is 0 Å². The van der Waals surface area contributed by atoms with Gasteiger partial charge in [-0.05, 0) is 50.9 Å². The molecule has 2 nitrogen and oxygen atoms in total. The SMILES string of the molecule is CCNCCC1(Oc2cccc(F)c2F)CCC1. The van der Waals surface area contributed by atoms with Gasteiger partial charge in [0.05, 0.1) is 0 Å². The highest BCUT2D eigenvalue weighted by molar-refractivity contribution is 5.26. The van der Waals surface area contributed by atoms with Crippen LogP contribution in [0.15, 0.2) is 18.2 Å². The molecule has 1 aromatic carbocycles. The molecule has 1 saturated carbocycles. The number of hydrogen-bond acceptors (Lipinski definition) is 2. The van der Waals surface area contributed by atoms with E-state index in [2.05, 4.69) is 5.32 Å². The molecule has 0 spiro atoms. The smallest absolute Gasteiger partial charge is 0.200 e. The molecule has 0 aromatic heterocycles. The van der Waals surface area contributed by atoms with Crippen LogP contribution >= 0.6 is 0 Å². The third-order valence-electron chi connectivity index (χ3n) is 3.51. The maximum atomic E-state index is 13.6. The molecule has 0 heterocycles. The van der Waals surface area contributed by atoms with Crippen LogP contribution in [0.25, 0.3) is 0 Å². The maximum absolute atomic E-state index is 13.6. The second-order valence-electron chi connectivity index (χ2n) is 4.79. The van der Waals surface area contributed by atoms with E-state index >= 15 is 0 Å². The van der Waals surface area contributed by atoms with Gasteiger partial charge >= 0.3 is 0 Å². The summed E-state index contributed by atoms with van der Waals surface area (Å²) in [6.07, 6.45) is 3.74. The molecule has 0 amide bonds. The molecular weight excluding hydrogens is 236 g/mol. The summed E-state index contributed by atoms with van der Waals surface area (Å²) in [5.41, 5.74) is -0.309. The van der Waals surface area contributed by atoms with E-state index < -0.39 is 11.6 Å². The van der Waals surface area contributed by atoms with E-state index in [1.54, 1.807) is 0 Å². The normalized spacial score (nSPS) is 17.3. The van der Waals surface area contributed by atoms with Crippen LogP contribution in [-0.4, -0.2) is 18.7 Å². The van der Waals surface area contributed by atoms with E-state index in [1.165, 1.54) is 12.1 Å². The van der Waals surface area contributed by atoms with Crippen molar-refractivity contribution in [2.75, 3.05) is 13.1 Å². The molecule has 1 fully saturated rings. The van der Waals surface area contributed by atoms with Crippen LogP contribution in [0.4, 0.5) is 8.78 Å². The highest BCUT2D eigenvalue weighted by Crippen LogP contribution is 2.40. The largest absolute Gasteiger partial charge is 0.484 e. The van der Waals surface area contributed by atoms with E-state index in [0.717, 1.165) is 44.8 Å². The van der Waals surface area contributed by atoms with Crippen molar-refractivity contribution in [1.29, 1.82) is 0 Å². The number of halogens is 2. The van der Waals surface area contributed by atoms with Gasteiger partial charge in [0.15, 0.2) is 11.6 Å². The van der Waals surface area contributed by atoms with Gasteiger partial charge in [-0.1, -0.05) is 13.0 Å². The molecule has 4 heteroatoms. The summed E-state index contributed by atoms with van der Waals surface area (Å²) in [6.45, 7) is 3.79. The Kier molecular flexibility index (Phi) is 4.17. The van der Waals surface area contributed by atoms with Crippen molar-refractivity contribution >= 4 is 0 Å². The molecular formula is C14H19F2NO. The lowest BCUT2D eigenvalue weighted by molar-refractivity contribution is -0.0175. The Morgan fingerprint density at radius 1 is 1.33 bits per heavy atom. The fourth-order valence-corrected chi connectivity index (χ4v) is 2.26. The standard InChI is InChI=1S/C14H19F2NO/c1-2-17-10-9-14(7-4-8-14)18-12-6-3-5-11(15)13(12)16/h3,5-6,17H,2,4,7-10H2,1H3. The van der Waals surface area contributed by atoms with Crippen LogP contribution in [0, 0.1) is 11.6 Å². The zero-order valence-electron chi connectivity index (χ0n) is 10.6. The Balaban J connectivity index is 2.03. The maximum Gasteiger partial charge on any atom is 0.200 e. The summed E-state index contributed by atoms with van der Waals surface area (Å²) in [5, 5.41) is 3.24. The predicted molar refractivity (Wildman–Crippen MR) is 66.7 cm³/mol. The average Bonchev–Trinajstić information content (AvgIpc) is 2.31. The molecule has 1 aromatic rings. The third-order valence-corrected chi connectivity index (χ3v) is 3.51. The summed E-state index contributed by atoms with van der Waals surface area (Å²) in [7, 11) is 0. The zero-order chi connectivity index (χ0) is 13.0. The van der Waals surface area contributed by atoms with Crippen molar-refractivity contribution in [3.05, 3.63) is 29.8 Å². The summed E-state index contributed by atoms with van der Waals surface area (Å²) < 4.78 is 32.4. The van der Waals surface area contributed by atoms with Gasteiger partial charge < -0.3 is 10.1 Å². The summed E-state index contributed by atoms with van der Waals surface area (Å²) >= 11 is 0. The number of rotatable bonds is 6. The Morgan fingerprint density at radius 3 is 2.72 bits per heavy atom. The lowest BCUT2D eigenvalue weighted by Gasteiger charge is -2.42. The predicted octanol–water partition coefficient (Wildman–Crippen LogP) is 3.27. The quantitative estimate of drug-likeness (QED) is 0.788. The molecule has 100 valence electrons. The molecule has 1 aliphatic carbocycles. The first-order valence-corrected chi connectivity index (χ1v) is 6.51. The molecule has 0 saturated heterocycles. The van der Waals surface area contributed by atoms with Gasteiger partial charge in [-0.2, -0.15) is 4.39 Å². The molecule has 0 aliphatic heterocycles. The first-order valence-electron chi connectivity index (χ1n) is 6.51. The zero-order valence-corrected chi connectivity index (χ0v) is 10.6. The fourth-order valence-electron chi connectivity index (χ4n) is 2.26. The van der Waals surface area contributed by atoms with Gasteiger partial charge in [-0.25, -0.2) is 4.39 Å². The van der Waals surface area contributed by atoms with E-state index in [-0.39, 0.29) is 11.4 Å². The Bertz CT molecular complexity index is 405. The average molecular weight is 255 g/mol. The summed E-state index contributed by atoms with van der Waals surface area (Å²) in [4.78, 5) is 0. The molecule has 2 rings (SSSR count). The van der Waals surface area contributed by atoms with Crippen molar-refractivity contribution in [3.8, 4) is 5.75 Å². The third kappa shape index (κ3) is 2.80. The van der Waals surface area contributed by atoms with Gasteiger partial charge in [0.25, 0.3) is 0 Å². The number of nitrogens with one attached hydrogen (secondary N) is 1.